The number of halogens is 3. The normalized spacial score (nSPS) is 15.2. The number of carbonyl (C=O) groups is 1. The summed E-state index contributed by atoms with van der Waals surface area (Å²) < 4.78 is 40.1. The Kier molecular flexibility index (Phi) is 7.54. The molecule has 1 aliphatic heterocycles. The number of rotatable bonds is 8. The number of nitrogens with zero attached hydrogens (tertiary/aromatic N) is 6. The Morgan fingerprint density at radius 1 is 1.03 bits per heavy atom. The fourth-order valence-corrected chi connectivity index (χ4v) is 4.30. The zero-order valence-corrected chi connectivity index (χ0v) is 19.9. The third-order valence-electron chi connectivity index (χ3n) is 6.48. The fourth-order valence-electron chi connectivity index (χ4n) is 4.30. The molecule has 0 radical (unpaired) electrons. The van der Waals surface area contributed by atoms with Crippen LogP contribution in [0.3, 0.4) is 0 Å². The topological polar surface area (TPSA) is 78.7 Å². The lowest BCUT2D eigenvalue weighted by atomic mass is 9.96. The van der Waals surface area contributed by atoms with E-state index in [-0.39, 0.29) is 17.5 Å². The minimum Gasteiger partial charge on any atom is -0.355 e. The van der Waals surface area contributed by atoms with Crippen molar-refractivity contribution in [2.45, 2.75) is 46.0 Å². The number of benzene rings is 1. The molecular weight excluding hydrogens is 459 g/mol. The highest BCUT2D eigenvalue weighted by Gasteiger charge is 2.38. The van der Waals surface area contributed by atoms with E-state index in [1.54, 1.807) is 6.07 Å². The van der Waals surface area contributed by atoms with Crippen molar-refractivity contribution in [2.24, 2.45) is 5.92 Å². The van der Waals surface area contributed by atoms with Crippen LogP contribution in [0.25, 0.3) is 5.65 Å². The van der Waals surface area contributed by atoms with Crippen molar-refractivity contribution in [3.8, 4) is 0 Å². The minimum atomic E-state index is -4.64. The Bertz CT molecular complexity index is 1130. The highest BCUT2D eigenvalue weighted by molar-refractivity contribution is 5.79. The summed E-state index contributed by atoms with van der Waals surface area (Å²) in [6.07, 6.45) is -3.44. The van der Waals surface area contributed by atoms with Gasteiger partial charge in [-0.25, -0.2) is 0 Å². The molecule has 35 heavy (non-hydrogen) atoms. The van der Waals surface area contributed by atoms with Crippen LogP contribution < -0.4 is 10.2 Å². The molecule has 188 valence electrons. The highest BCUT2D eigenvalue weighted by atomic mass is 19.4. The summed E-state index contributed by atoms with van der Waals surface area (Å²) in [7, 11) is 0. The van der Waals surface area contributed by atoms with Gasteiger partial charge in [0, 0.05) is 32.1 Å². The van der Waals surface area contributed by atoms with Gasteiger partial charge in [-0.1, -0.05) is 38.1 Å². The Hall–Kier alpha value is -3.21. The van der Waals surface area contributed by atoms with Gasteiger partial charge in [0.25, 0.3) is 5.82 Å². The Morgan fingerprint density at radius 3 is 2.31 bits per heavy atom. The maximum Gasteiger partial charge on any atom is 0.453 e. The standard InChI is InChI=1S/C24H30F3N7O/c1-3-32(4-2)16-18-7-5-17(6-8-18)15-28-22(35)19-11-13-33(14-12-19)21-10-9-20-29-30-23(24(25,26)27)34(20)31-21/h5-10,19H,3-4,11-16H2,1-2H3,(H,28,35). The summed E-state index contributed by atoms with van der Waals surface area (Å²) >= 11 is 0. The Morgan fingerprint density at radius 2 is 1.69 bits per heavy atom. The fraction of sp³-hybridized carbons (Fsp3) is 0.500. The molecule has 1 N–H and O–H groups in total. The second kappa shape index (κ2) is 10.6. The third kappa shape index (κ3) is 5.90. The van der Waals surface area contributed by atoms with Gasteiger partial charge in [0.2, 0.25) is 5.91 Å². The lowest BCUT2D eigenvalue weighted by molar-refractivity contribution is -0.146. The molecular formula is C24H30F3N7O. The molecule has 1 saturated heterocycles. The van der Waals surface area contributed by atoms with Crippen molar-refractivity contribution in [2.75, 3.05) is 31.1 Å². The summed E-state index contributed by atoms with van der Waals surface area (Å²) in [5.41, 5.74) is 2.33. The van der Waals surface area contributed by atoms with Gasteiger partial charge in [0.05, 0.1) is 0 Å². The first-order chi connectivity index (χ1) is 16.8. The lowest BCUT2D eigenvalue weighted by Crippen LogP contribution is -2.40. The number of aromatic nitrogens is 4. The monoisotopic (exact) mass is 489 g/mol. The molecule has 0 saturated carbocycles. The van der Waals surface area contributed by atoms with Crippen molar-refractivity contribution >= 4 is 17.4 Å². The van der Waals surface area contributed by atoms with Crippen LogP contribution >= 0.6 is 0 Å². The molecule has 3 aromatic rings. The maximum absolute atomic E-state index is 13.1. The number of carbonyl (C=O) groups excluding carboxylic acids is 1. The summed E-state index contributed by atoms with van der Waals surface area (Å²) in [6.45, 7) is 8.74. The van der Waals surface area contributed by atoms with Crippen LogP contribution in [0.1, 0.15) is 43.6 Å². The van der Waals surface area contributed by atoms with Gasteiger partial charge in [-0.3, -0.25) is 9.69 Å². The van der Waals surface area contributed by atoms with Crippen LogP contribution in [-0.2, 0) is 24.1 Å². The van der Waals surface area contributed by atoms with Gasteiger partial charge in [-0.2, -0.15) is 17.7 Å². The number of hydrogen-bond donors (Lipinski definition) is 1. The van der Waals surface area contributed by atoms with Crippen molar-refractivity contribution in [3.05, 3.63) is 53.3 Å². The number of anilines is 1. The quantitative estimate of drug-likeness (QED) is 0.522. The molecule has 8 nitrogen and oxygen atoms in total. The van der Waals surface area contributed by atoms with Gasteiger partial charge in [-0.05, 0) is 49.2 Å². The molecule has 0 atom stereocenters. The average Bonchev–Trinajstić information content (AvgIpc) is 3.30. The van der Waals surface area contributed by atoms with Gasteiger partial charge >= 0.3 is 6.18 Å². The van der Waals surface area contributed by atoms with Crippen LogP contribution in [0.5, 0.6) is 0 Å². The SMILES string of the molecule is CCN(CC)Cc1ccc(CNC(=O)C2CCN(c3ccc4nnc(C(F)(F)F)n4n3)CC2)cc1. The third-order valence-corrected chi connectivity index (χ3v) is 6.48. The van der Waals surface area contributed by atoms with Crippen LogP contribution in [-0.4, -0.2) is 56.8 Å². The summed E-state index contributed by atoms with van der Waals surface area (Å²) in [5, 5.41) is 13.9. The van der Waals surface area contributed by atoms with Gasteiger partial charge < -0.3 is 10.2 Å². The number of fused-ring (bicyclic) bond motifs is 1. The van der Waals surface area contributed by atoms with Crippen LogP contribution in [0.4, 0.5) is 19.0 Å². The smallest absolute Gasteiger partial charge is 0.355 e. The molecule has 2 aromatic heterocycles. The summed E-state index contributed by atoms with van der Waals surface area (Å²) in [6, 6.07) is 11.4. The average molecular weight is 490 g/mol. The summed E-state index contributed by atoms with van der Waals surface area (Å²) in [4.78, 5) is 16.9. The van der Waals surface area contributed by atoms with E-state index in [2.05, 4.69) is 51.5 Å². The van der Waals surface area contributed by atoms with E-state index >= 15 is 0 Å². The largest absolute Gasteiger partial charge is 0.453 e. The highest BCUT2D eigenvalue weighted by Crippen LogP contribution is 2.28. The van der Waals surface area contributed by atoms with Crippen molar-refractivity contribution in [1.29, 1.82) is 0 Å². The molecule has 3 heterocycles. The van der Waals surface area contributed by atoms with Crippen LogP contribution in [0, 0.1) is 5.92 Å². The Labute approximate surface area is 202 Å². The number of piperidine rings is 1. The van der Waals surface area contributed by atoms with E-state index in [0.717, 1.165) is 29.7 Å². The first kappa shape index (κ1) is 24.9. The number of amides is 1. The molecule has 1 aromatic carbocycles. The lowest BCUT2D eigenvalue weighted by Gasteiger charge is -2.32. The number of alkyl halides is 3. The van der Waals surface area contributed by atoms with Crippen LogP contribution in [0.2, 0.25) is 0 Å². The van der Waals surface area contributed by atoms with E-state index in [9.17, 15) is 18.0 Å². The molecule has 1 aliphatic rings. The van der Waals surface area contributed by atoms with Crippen molar-refractivity contribution < 1.29 is 18.0 Å². The first-order valence-corrected chi connectivity index (χ1v) is 11.9. The molecule has 1 amide bonds. The number of nitrogens with one attached hydrogen (secondary N) is 1. The predicted molar refractivity (Wildman–Crippen MR) is 126 cm³/mol. The molecule has 0 spiro atoms. The predicted octanol–water partition coefficient (Wildman–Crippen LogP) is 3.52. The second-order valence-electron chi connectivity index (χ2n) is 8.74. The summed E-state index contributed by atoms with van der Waals surface area (Å²) in [5.74, 6) is -0.882. The molecule has 4 rings (SSSR count). The van der Waals surface area contributed by atoms with E-state index in [1.165, 1.54) is 11.6 Å². The van der Waals surface area contributed by atoms with Crippen molar-refractivity contribution in [3.63, 3.8) is 0 Å². The molecule has 1 fully saturated rings. The maximum atomic E-state index is 13.1. The second-order valence-corrected chi connectivity index (χ2v) is 8.74. The number of hydrogen-bond acceptors (Lipinski definition) is 6. The molecule has 0 aliphatic carbocycles. The molecule has 11 heteroatoms. The van der Waals surface area contributed by atoms with Gasteiger partial charge in [0.1, 0.15) is 5.82 Å². The molecule has 0 bridgehead atoms. The van der Waals surface area contributed by atoms with Gasteiger partial charge in [-0.15, -0.1) is 15.3 Å². The first-order valence-electron chi connectivity index (χ1n) is 11.9. The van der Waals surface area contributed by atoms with E-state index in [0.29, 0.717) is 38.3 Å². The van der Waals surface area contributed by atoms with Crippen LogP contribution in [0.15, 0.2) is 36.4 Å². The van der Waals surface area contributed by atoms with E-state index in [1.807, 2.05) is 17.0 Å². The van der Waals surface area contributed by atoms with E-state index in [4.69, 9.17) is 0 Å². The van der Waals surface area contributed by atoms with Crippen molar-refractivity contribution in [1.82, 2.24) is 30.0 Å². The molecule has 0 unspecified atom stereocenters. The Balaban J connectivity index is 1.29. The van der Waals surface area contributed by atoms with Gasteiger partial charge in [0.15, 0.2) is 5.65 Å². The van der Waals surface area contributed by atoms with E-state index < -0.39 is 12.0 Å². The zero-order chi connectivity index (χ0) is 25.0. The minimum absolute atomic E-state index is 0.00144. The zero-order valence-electron chi connectivity index (χ0n) is 19.9.